The molecule has 30 heavy (non-hydrogen) atoms. The maximum absolute atomic E-state index is 13.3. The lowest BCUT2D eigenvalue weighted by molar-refractivity contribution is -0.116. The van der Waals surface area contributed by atoms with E-state index in [2.05, 4.69) is 9.69 Å². The summed E-state index contributed by atoms with van der Waals surface area (Å²) < 4.78 is 46.3. The normalized spacial score (nSPS) is 15.5. The van der Waals surface area contributed by atoms with E-state index in [1.165, 1.54) is 28.0 Å². The SMILES string of the molecule is O=C(CN(C1CCCCC1)S(=O)(=O)c1ccc(F)cc1)Nc1ccc2sncc2c1. The van der Waals surface area contributed by atoms with E-state index in [-0.39, 0.29) is 17.5 Å². The highest BCUT2D eigenvalue weighted by Crippen LogP contribution is 2.28. The maximum Gasteiger partial charge on any atom is 0.243 e. The molecule has 6 nitrogen and oxygen atoms in total. The topological polar surface area (TPSA) is 79.4 Å². The minimum atomic E-state index is -3.93. The molecular formula is C21H22FN3O3S2. The number of anilines is 1. The molecule has 4 rings (SSSR count). The molecule has 0 atom stereocenters. The van der Waals surface area contributed by atoms with Gasteiger partial charge in [-0.1, -0.05) is 19.3 Å². The van der Waals surface area contributed by atoms with Gasteiger partial charge in [-0.2, -0.15) is 8.68 Å². The van der Waals surface area contributed by atoms with E-state index in [9.17, 15) is 17.6 Å². The Balaban J connectivity index is 1.57. The Labute approximate surface area is 178 Å². The molecule has 1 N–H and O–H groups in total. The fourth-order valence-electron chi connectivity index (χ4n) is 3.81. The molecule has 1 amide bonds. The van der Waals surface area contributed by atoms with Crippen molar-refractivity contribution in [2.24, 2.45) is 0 Å². The third-order valence-corrected chi connectivity index (χ3v) is 8.03. The number of amides is 1. The Morgan fingerprint density at radius 3 is 2.60 bits per heavy atom. The molecule has 0 radical (unpaired) electrons. The Morgan fingerprint density at radius 1 is 1.13 bits per heavy atom. The Morgan fingerprint density at radius 2 is 1.87 bits per heavy atom. The van der Waals surface area contributed by atoms with Gasteiger partial charge in [0.05, 0.1) is 16.1 Å². The van der Waals surface area contributed by atoms with Crippen LogP contribution in [0.25, 0.3) is 10.1 Å². The fraction of sp³-hybridized carbons (Fsp3) is 0.333. The number of sulfonamides is 1. The van der Waals surface area contributed by atoms with Crippen LogP contribution >= 0.6 is 11.5 Å². The number of benzene rings is 2. The van der Waals surface area contributed by atoms with Crippen molar-refractivity contribution < 1.29 is 17.6 Å². The second kappa shape index (κ2) is 8.79. The molecule has 158 valence electrons. The molecule has 1 aliphatic rings. The molecule has 0 spiro atoms. The van der Waals surface area contributed by atoms with Crippen molar-refractivity contribution in [1.29, 1.82) is 0 Å². The number of fused-ring (bicyclic) bond motifs is 1. The molecule has 0 aliphatic heterocycles. The predicted molar refractivity (Wildman–Crippen MR) is 115 cm³/mol. The molecule has 1 fully saturated rings. The molecule has 0 bridgehead atoms. The van der Waals surface area contributed by atoms with Gasteiger partial charge in [-0.3, -0.25) is 4.79 Å². The van der Waals surface area contributed by atoms with Crippen LogP contribution in [0.2, 0.25) is 0 Å². The van der Waals surface area contributed by atoms with Crippen LogP contribution in [-0.4, -0.2) is 35.6 Å². The first-order chi connectivity index (χ1) is 14.4. The highest BCUT2D eigenvalue weighted by molar-refractivity contribution is 7.89. The summed E-state index contributed by atoms with van der Waals surface area (Å²) in [6.07, 6.45) is 6.04. The largest absolute Gasteiger partial charge is 0.325 e. The van der Waals surface area contributed by atoms with Crippen LogP contribution in [0.4, 0.5) is 10.1 Å². The number of hydrogen-bond donors (Lipinski definition) is 1. The van der Waals surface area contributed by atoms with Crippen molar-refractivity contribution in [2.75, 3.05) is 11.9 Å². The molecule has 1 heterocycles. The van der Waals surface area contributed by atoms with Gasteiger partial charge in [-0.25, -0.2) is 12.8 Å². The van der Waals surface area contributed by atoms with Crippen LogP contribution < -0.4 is 5.32 Å². The van der Waals surface area contributed by atoms with E-state index in [0.717, 1.165) is 41.5 Å². The van der Waals surface area contributed by atoms with Gasteiger partial charge in [0.1, 0.15) is 5.82 Å². The van der Waals surface area contributed by atoms with E-state index in [4.69, 9.17) is 0 Å². The first-order valence-corrected chi connectivity index (χ1v) is 12.1. The van der Waals surface area contributed by atoms with Gasteiger partial charge in [-0.15, -0.1) is 0 Å². The number of rotatable bonds is 6. The van der Waals surface area contributed by atoms with Crippen LogP contribution in [0.15, 0.2) is 53.6 Å². The number of nitrogens with one attached hydrogen (secondary N) is 1. The van der Waals surface area contributed by atoms with Gasteiger partial charge in [0.25, 0.3) is 0 Å². The average Bonchev–Trinajstić information content (AvgIpc) is 3.21. The van der Waals surface area contributed by atoms with Crippen LogP contribution in [0.5, 0.6) is 0 Å². The molecule has 0 saturated heterocycles. The molecule has 1 saturated carbocycles. The molecule has 1 aromatic heterocycles. The first kappa shape index (κ1) is 20.9. The quantitative estimate of drug-likeness (QED) is 0.608. The standard InChI is InChI=1S/C21H22FN3O3S2/c22-16-6-9-19(10-7-16)30(27,28)25(18-4-2-1-3-5-18)14-21(26)24-17-8-11-20-15(12-17)13-23-29-20/h6-13,18H,1-5,14H2,(H,24,26). The highest BCUT2D eigenvalue weighted by Gasteiger charge is 2.34. The maximum atomic E-state index is 13.3. The summed E-state index contributed by atoms with van der Waals surface area (Å²) >= 11 is 1.37. The zero-order valence-corrected chi connectivity index (χ0v) is 17.9. The first-order valence-electron chi connectivity index (χ1n) is 9.85. The number of hydrogen-bond acceptors (Lipinski definition) is 5. The zero-order chi connectivity index (χ0) is 21.1. The molecule has 0 unspecified atom stereocenters. The summed E-state index contributed by atoms with van der Waals surface area (Å²) in [4.78, 5) is 12.8. The minimum absolute atomic E-state index is 0.00644. The number of nitrogens with zero attached hydrogens (tertiary/aromatic N) is 2. The van der Waals surface area contributed by atoms with Crippen molar-refractivity contribution in [1.82, 2.24) is 8.68 Å². The van der Waals surface area contributed by atoms with Crippen molar-refractivity contribution >= 4 is 43.2 Å². The molecule has 2 aromatic carbocycles. The summed E-state index contributed by atoms with van der Waals surface area (Å²) in [7, 11) is -3.93. The third-order valence-electron chi connectivity index (χ3n) is 5.34. The number of aromatic nitrogens is 1. The molecule has 9 heteroatoms. The monoisotopic (exact) mass is 447 g/mol. The number of carbonyl (C=O) groups excluding carboxylic acids is 1. The van der Waals surface area contributed by atoms with Gasteiger partial charge in [0, 0.05) is 23.3 Å². The molecule has 1 aliphatic carbocycles. The summed E-state index contributed by atoms with van der Waals surface area (Å²) in [6, 6.07) is 9.95. The minimum Gasteiger partial charge on any atom is -0.325 e. The summed E-state index contributed by atoms with van der Waals surface area (Å²) in [6.45, 7) is -0.287. The zero-order valence-electron chi connectivity index (χ0n) is 16.3. The van der Waals surface area contributed by atoms with Crippen LogP contribution in [0, 0.1) is 5.82 Å². The van der Waals surface area contributed by atoms with E-state index >= 15 is 0 Å². The van der Waals surface area contributed by atoms with Gasteiger partial charge in [0.15, 0.2) is 0 Å². The molecular weight excluding hydrogens is 425 g/mol. The lowest BCUT2D eigenvalue weighted by Crippen LogP contribution is -2.45. The summed E-state index contributed by atoms with van der Waals surface area (Å²) in [5, 5.41) is 3.72. The summed E-state index contributed by atoms with van der Waals surface area (Å²) in [5.41, 5.74) is 0.593. The Bertz CT molecular complexity index is 1140. The Hall–Kier alpha value is -2.36. The van der Waals surface area contributed by atoms with Gasteiger partial charge >= 0.3 is 0 Å². The van der Waals surface area contributed by atoms with Crippen LogP contribution in [-0.2, 0) is 14.8 Å². The smallest absolute Gasteiger partial charge is 0.243 e. The van der Waals surface area contributed by atoms with Gasteiger partial charge < -0.3 is 5.32 Å². The second-order valence-electron chi connectivity index (χ2n) is 7.42. The number of carbonyl (C=O) groups is 1. The van der Waals surface area contributed by atoms with Crippen LogP contribution in [0.1, 0.15) is 32.1 Å². The van der Waals surface area contributed by atoms with Crippen LogP contribution in [0.3, 0.4) is 0 Å². The van der Waals surface area contributed by atoms with E-state index < -0.39 is 21.7 Å². The summed E-state index contributed by atoms with van der Waals surface area (Å²) in [5.74, 6) is -0.914. The third kappa shape index (κ3) is 4.53. The molecule has 3 aromatic rings. The van der Waals surface area contributed by atoms with Crippen molar-refractivity contribution in [2.45, 2.75) is 43.0 Å². The lowest BCUT2D eigenvalue weighted by atomic mass is 9.95. The second-order valence-corrected chi connectivity index (χ2v) is 10.1. The van der Waals surface area contributed by atoms with Crippen molar-refractivity contribution in [3.63, 3.8) is 0 Å². The van der Waals surface area contributed by atoms with Gasteiger partial charge in [-0.05, 0) is 66.8 Å². The lowest BCUT2D eigenvalue weighted by Gasteiger charge is -2.33. The number of halogens is 1. The average molecular weight is 448 g/mol. The Kier molecular flexibility index (Phi) is 6.12. The van der Waals surface area contributed by atoms with E-state index in [1.54, 1.807) is 12.3 Å². The van der Waals surface area contributed by atoms with Crippen molar-refractivity contribution in [3.8, 4) is 0 Å². The highest BCUT2D eigenvalue weighted by atomic mass is 32.2. The van der Waals surface area contributed by atoms with E-state index in [0.29, 0.717) is 18.5 Å². The predicted octanol–water partition coefficient (Wildman–Crippen LogP) is 4.40. The fourth-order valence-corrected chi connectivity index (χ4v) is 6.08. The van der Waals surface area contributed by atoms with Crippen molar-refractivity contribution in [3.05, 3.63) is 54.5 Å². The van der Waals surface area contributed by atoms with Gasteiger partial charge in [0.2, 0.25) is 15.9 Å². The van der Waals surface area contributed by atoms with E-state index in [1.807, 2.05) is 12.1 Å².